The number of hydrogen-bond acceptors (Lipinski definition) is 4. The first kappa shape index (κ1) is 21.7. The van der Waals surface area contributed by atoms with Crippen molar-refractivity contribution in [3.8, 4) is 11.5 Å². The van der Waals surface area contributed by atoms with Gasteiger partial charge >= 0.3 is 0 Å². The molecular formula is C28H26ClNO3. The van der Waals surface area contributed by atoms with Crippen LogP contribution >= 0.6 is 11.6 Å². The molecule has 1 saturated carbocycles. The molecule has 0 unspecified atom stereocenters. The van der Waals surface area contributed by atoms with Crippen molar-refractivity contribution in [2.75, 3.05) is 14.2 Å². The molecular weight excluding hydrogens is 434 g/mol. The van der Waals surface area contributed by atoms with E-state index in [2.05, 4.69) is 6.07 Å². The maximum Gasteiger partial charge on any atom is 0.193 e. The quantitative estimate of drug-likeness (QED) is 0.411. The highest BCUT2D eigenvalue weighted by atomic mass is 35.5. The van der Waals surface area contributed by atoms with Gasteiger partial charge in [0.1, 0.15) is 0 Å². The smallest absolute Gasteiger partial charge is 0.193 e. The number of ketones is 1. The lowest BCUT2D eigenvalue weighted by molar-refractivity contribution is 0.103. The Morgan fingerprint density at radius 2 is 1.64 bits per heavy atom. The molecule has 1 heterocycles. The highest BCUT2D eigenvalue weighted by molar-refractivity contribution is 6.31. The first-order valence-corrected chi connectivity index (χ1v) is 11.7. The molecule has 0 bridgehead atoms. The number of fused-ring (bicyclic) bond motifs is 3. The second-order valence-corrected chi connectivity index (χ2v) is 9.08. The number of carbonyl (C=O) groups is 1. The highest BCUT2D eigenvalue weighted by Gasteiger charge is 2.34. The minimum atomic E-state index is -0.0474. The molecule has 1 aliphatic heterocycles. The van der Waals surface area contributed by atoms with E-state index in [1.54, 1.807) is 38.5 Å². The molecule has 3 aromatic rings. The molecule has 0 aromatic heterocycles. The van der Waals surface area contributed by atoms with Crippen molar-refractivity contribution in [1.29, 1.82) is 0 Å². The second kappa shape index (κ2) is 9.03. The van der Waals surface area contributed by atoms with Crippen molar-refractivity contribution in [3.05, 3.63) is 93.5 Å². The van der Waals surface area contributed by atoms with Gasteiger partial charge in [-0.3, -0.25) is 9.79 Å². The standard InChI is InChI=1S/C28H26ClNO3/c1-32-25-15-22-21-8-3-4-9-24(21)30-27(23(22)16-26(25)33-2)17-10-12-18(13-11-17)28(31)19-6-5-7-20(29)14-19/h5-7,10-16,21,24H,3-4,8-9H2,1-2H3/t21-,24-/m0/s1. The molecule has 0 spiro atoms. The topological polar surface area (TPSA) is 47.9 Å². The van der Waals surface area contributed by atoms with E-state index < -0.39 is 0 Å². The van der Waals surface area contributed by atoms with Crippen LogP contribution in [0.4, 0.5) is 0 Å². The molecule has 5 heteroatoms. The summed E-state index contributed by atoms with van der Waals surface area (Å²) in [7, 11) is 3.33. The molecule has 1 fully saturated rings. The average Bonchev–Trinajstić information content (AvgIpc) is 2.87. The average molecular weight is 460 g/mol. The van der Waals surface area contributed by atoms with Crippen LogP contribution in [0.3, 0.4) is 0 Å². The maximum absolute atomic E-state index is 12.9. The van der Waals surface area contributed by atoms with Crippen LogP contribution in [0.2, 0.25) is 5.02 Å². The van der Waals surface area contributed by atoms with Gasteiger partial charge in [-0.25, -0.2) is 0 Å². The van der Waals surface area contributed by atoms with Crippen molar-refractivity contribution >= 4 is 23.1 Å². The summed E-state index contributed by atoms with van der Waals surface area (Å²) in [6, 6.07) is 19.2. The maximum atomic E-state index is 12.9. The molecule has 0 amide bonds. The number of rotatable bonds is 5. The van der Waals surface area contributed by atoms with Gasteiger partial charge < -0.3 is 9.47 Å². The molecule has 0 radical (unpaired) electrons. The van der Waals surface area contributed by atoms with Crippen molar-refractivity contribution in [2.45, 2.75) is 37.6 Å². The van der Waals surface area contributed by atoms with Gasteiger partial charge in [0.25, 0.3) is 0 Å². The van der Waals surface area contributed by atoms with Gasteiger partial charge in [-0.1, -0.05) is 60.8 Å². The Hall–Kier alpha value is -3.11. The van der Waals surface area contributed by atoms with Crippen molar-refractivity contribution in [2.24, 2.45) is 4.99 Å². The van der Waals surface area contributed by atoms with Crippen molar-refractivity contribution in [1.82, 2.24) is 0 Å². The number of carbonyl (C=O) groups excluding carboxylic acids is 1. The summed E-state index contributed by atoms with van der Waals surface area (Å²) in [5, 5.41) is 0.553. The van der Waals surface area contributed by atoms with E-state index in [0.29, 0.717) is 27.8 Å². The predicted octanol–water partition coefficient (Wildman–Crippen LogP) is 6.47. The first-order valence-electron chi connectivity index (χ1n) is 11.3. The SMILES string of the molecule is COc1cc2c(cc1OC)[C@@H]1CCCC[C@@H]1N=C2c1ccc(C(=O)c2cccc(Cl)c2)cc1. The van der Waals surface area contributed by atoms with Gasteiger partial charge in [0.15, 0.2) is 17.3 Å². The lowest BCUT2D eigenvalue weighted by Gasteiger charge is -2.35. The predicted molar refractivity (Wildman–Crippen MR) is 132 cm³/mol. The monoisotopic (exact) mass is 459 g/mol. The molecule has 1 aliphatic carbocycles. The Labute approximate surface area is 199 Å². The summed E-state index contributed by atoms with van der Waals surface area (Å²) in [6.07, 6.45) is 4.65. The Morgan fingerprint density at radius 3 is 2.36 bits per heavy atom. The summed E-state index contributed by atoms with van der Waals surface area (Å²) < 4.78 is 11.2. The number of nitrogens with zero attached hydrogens (tertiary/aromatic N) is 1. The number of methoxy groups -OCH3 is 2. The zero-order valence-corrected chi connectivity index (χ0v) is 19.6. The van der Waals surface area contributed by atoms with Crippen molar-refractivity contribution < 1.29 is 14.3 Å². The van der Waals surface area contributed by atoms with Crippen LogP contribution in [0.25, 0.3) is 0 Å². The van der Waals surface area contributed by atoms with E-state index in [0.717, 1.165) is 35.4 Å². The molecule has 168 valence electrons. The fraction of sp³-hybridized carbons (Fsp3) is 0.286. The Morgan fingerprint density at radius 1 is 0.909 bits per heavy atom. The Balaban J connectivity index is 1.55. The van der Waals surface area contributed by atoms with Gasteiger partial charge in [0, 0.05) is 33.2 Å². The Kier molecular flexibility index (Phi) is 5.94. The van der Waals surface area contributed by atoms with E-state index >= 15 is 0 Å². The number of hydrogen-bond donors (Lipinski definition) is 0. The van der Waals surface area contributed by atoms with Crippen LogP contribution in [0.1, 0.15) is 64.2 Å². The molecule has 3 aromatic carbocycles. The second-order valence-electron chi connectivity index (χ2n) is 8.65. The zero-order chi connectivity index (χ0) is 22.9. The van der Waals surface area contributed by atoms with E-state index in [1.165, 1.54) is 18.4 Å². The molecule has 4 nitrogen and oxygen atoms in total. The molecule has 2 aliphatic rings. The number of ether oxygens (including phenoxy) is 2. The fourth-order valence-corrected chi connectivity index (χ4v) is 5.27. The molecule has 0 N–H and O–H groups in total. The number of benzene rings is 3. The van der Waals surface area contributed by atoms with Crippen LogP contribution in [0.5, 0.6) is 11.5 Å². The normalized spacial score (nSPS) is 19.2. The third-order valence-electron chi connectivity index (χ3n) is 6.74. The highest BCUT2D eigenvalue weighted by Crippen LogP contribution is 2.44. The summed E-state index contributed by atoms with van der Waals surface area (Å²) in [6.45, 7) is 0. The van der Waals surface area contributed by atoms with Crippen LogP contribution in [0, 0.1) is 0 Å². The van der Waals surface area contributed by atoms with E-state index in [4.69, 9.17) is 26.1 Å². The largest absolute Gasteiger partial charge is 0.493 e. The number of aliphatic imine (C=N–C) groups is 1. The van der Waals surface area contributed by atoms with Crippen LogP contribution in [-0.2, 0) is 0 Å². The van der Waals surface area contributed by atoms with Gasteiger partial charge in [-0.05, 0) is 42.7 Å². The summed E-state index contributed by atoms with van der Waals surface area (Å²) in [5.74, 6) is 1.81. The van der Waals surface area contributed by atoms with Crippen LogP contribution < -0.4 is 9.47 Å². The lowest BCUT2D eigenvalue weighted by Crippen LogP contribution is -2.29. The molecule has 0 saturated heterocycles. The van der Waals surface area contributed by atoms with Gasteiger partial charge in [-0.2, -0.15) is 0 Å². The Bertz CT molecular complexity index is 1230. The minimum Gasteiger partial charge on any atom is -0.493 e. The first-order chi connectivity index (χ1) is 16.1. The van der Waals surface area contributed by atoms with Crippen LogP contribution in [-0.4, -0.2) is 31.8 Å². The number of halogens is 1. The van der Waals surface area contributed by atoms with Gasteiger partial charge in [0.2, 0.25) is 0 Å². The molecule has 33 heavy (non-hydrogen) atoms. The van der Waals surface area contributed by atoms with Gasteiger partial charge in [0.05, 0.1) is 26.0 Å². The van der Waals surface area contributed by atoms with Crippen molar-refractivity contribution in [3.63, 3.8) is 0 Å². The third kappa shape index (κ3) is 4.04. The lowest BCUT2D eigenvalue weighted by atomic mass is 9.75. The molecule has 2 atom stereocenters. The summed E-state index contributed by atoms with van der Waals surface area (Å²) in [4.78, 5) is 18.1. The van der Waals surface area contributed by atoms with E-state index in [1.807, 2.05) is 30.3 Å². The summed E-state index contributed by atoms with van der Waals surface area (Å²) in [5.41, 5.74) is 5.52. The van der Waals surface area contributed by atoms with Gasteiger partial charge in [-0.15, -0.1) is 0 Å². The zero-order valence-electron chi connectivity index (χ0n) is 18.8. The third-order valence-corrected chi connectivity index (χ3v) is 6.98. The summed E-state index contributed by atoms with van der Waals surface area (Å²) >= 11 is 6.07. The van der Waals surface area contributed by atoms with Crippen LogP contribution in [0.15, 0.2) is 65.7 Å². The minimum absolute atomic E-state index is 0.0474. The van der Waals surface area contributed by atoms with E-state index in [-0.39, 0.29) is 11.8 Å². The van der Waals surface area contributed by atoms with E-state index in [9.17, 15) is 4.79 Å². The fourth-order valence-electron chi connectivity index (χ4n) is 5.08. The molecule has 5 rings (SSSR count).